The molecule has 0 spiro atoms. The summed E-state index contributed by atoms with van der Waals surface area (Å²) >= 11 is 0. The minimum absolute atomic E-state index is 0.527. The molecule has 0 N–H and O–H groups in total. The fraction of sp³-hybridized carbons (Fsp3) is 0.100. The Morgan fingerprint density at radius 2 is 1.15 bits per heavy atom. The Morgan fingerprint density at radius 1 is 0.727 bits per heavy atom. The van der Waals surface area contributed by atoms with Crippen molar-refractivity contribution in [3.05, 3.63) is 150 Å². The zero-order valence-corrected chi connectivity index (χ0v) is 18.6. The predicted octanol–water partition coefficient (Wildman–Crippen LogP) is 6.52. The zero-order valence-electron chi connectivity index (χ0n) is 18.6. The second-order valence-electron chi connectivity index (χ2n) is 7.67. The van der Waals surface area contributed by atoms with Crippen LogP contribution < -0.4 is 4.74 Å². The molecule has 0 radical (unpaired) electrons. The average molecular weight is 435 g/mol. The van der Waals surface area contributed by atoms with E-state index in [0.717, 1.165) is 28.3 Å². The van der Waals surface area contributed by atoms with Gasteiger partial charge in [-0.1, -0.05) is 116 Å². The molecule has 0 heterocycles. The monoisotopic (exact) mass is 434 g/mol. The van der Waals surface area contributed by atoms with Crippen LogP contribution in [0.5, 0.6) is 5.75 Å². The van der Waals surface area contributed by atoms with Crippen LogP contribution >= 0.6 is 0 Å². The van der Waals surface area contributed by atoms with E-state index in [4.69, 9.17) is 9.47 Å². The average Bonchev–Trinajstić information content (AvgIpc) is 2.87. The lowest BCUT2D eigenvalue weighted by molar-refractivity contribution is -0.155. The Kier molecular flexibility index (Phi) is 6.70. The molecule has 3 nitrogen and oxygen atoms in total. The van der Waals surface area contributed by atoms with Crippen LogP contribution in [-0.2, 0) is 14.9 Å². The number of hydrogen-bond acceptors (Lipinski definition) is 3. The number of rotatable bonds is 8. The van der Waals surface area contributed by atoms with Gasteiger partial charge in [-0.05, 0) is 22.8 Å². The third-order valence-corrected chi connectivity index (χ3v) is 5.65. The van der Waals surface area contributed by atoms with E-state index in [2.05, 4.69) is 49.0 Å². The summed E-state index contributed by atoms with van der Waals surface area (Å²) in [5.41, 5.74) is 3.62. The number of esters is 1. The third kappa shape index (κ3) is 4.44. The summed E-state index contributed by atoms with van der Waals surface area (Å²) in [7, 11) is 0. The normalized spacial score (nSPS) is 11.9. The number of hydrogen-bond donors (Lipinski definition) is 0. The fourth-order valence-electron chi connectivity index (χ4n) is 4.32. The smallest absolute Gasteiger partial charge is 0.333 e. The first-order chi connectivity index (χ1) is 16.2. The van der Waals surface area contributed by atoms with E-state index in [1.54, 1.807) is 6.92 Å². The van der Waals surface area contributed by atoms with Crippen molar-refractivity contribution < 1.29 is 14.3 Å². The summed E-state index contributed by atoms with van der Waals surface area (Å²) in [6, 6.07) is 39.1. The third-order valence-electron chi connectivity index (χ3n) is 5.65. The van der Waals surface area contributed by atoms with Crippen LogP contribution in [0.1, 0.15) is 29.2 Å². The van der Waals surface area contributed by atoms with Crippen LogP contribution in [0, 0.1) is 0 Å². The highest BCUT2D eigenvalue weighted by Gasteiger charge is 2.40. The van der Waals surface area contributed by atoms with Crippen LogP contribution in [0.2, 0.25) is 0 Å². The molecule has 0 aliphatic rings. The molecule has 0 saturated heterocycles. The molecule has 0 saturated carbocycles. The molecule has 33 heavy (non-hydrogen) atoms. The quantitative estimate of drug-likeness (QED) is 0.137. The topological polar surface area (TPSA) is 35.5 Å². The second-order valence-corrected chi connectivity index (χ2v) is 7.67. The summed E-state index contributed by atoms with van der Waals surface area (Å²) in [5.74, 6) is 0.110. The number of ether oxygens (including phenoxy) is 2. The minimum atomic E-state index is -0.781. The molecule has 1 unspecified atom stereocenters. The van der Waals surface area contributed by atoms with Crippen molar-refractivity contribution in [2.24, 2.45) is 0 Å². The van der Waals surface area contributed by atoms with Crippen molar-refractivity contribution >= 4 is 5.97 Å². The Labute approximate surface area is 194 Å². The first-order valence-electron chi connectivity index (χ1n) is 10.9. The first-order valence-corrected chi connectivity index (χ1v) is 10.9. The van der Waals surface area contributed by atoms with E-state index in [1.807, 2.05) is 72.8 Å². The molecule has 0 bridgehead atoms. The molecule has 164 valence electrons. The van der Waals surface area contributed by atoms with Crippen molar-refractivity contribution in [3.63, 3.8) is 0 Å². The molecule has 0 aliphatic carbocycles. The molecule has 4 aromatic rings. The molecule has 0 amide bonds. The highest BCUT2D eigenvalue weighted by molar-refractivity contribution is 5.81. The van der Waals surface area contributed by atoms with E-state index in [9.17, 15) is 4.79 Å². The summed E-state index contributed by atoms with van der Waals surface area (Å²) in [6.45, 7) is 5.17. The highest BCUT2D eigenvalue weighted by atomic mass is 16.7. The van der Waals surface area contributed by atoms with E-state index in [1.165, 1.54) is 0 Å². The van der Waals surface area contributed by atoms with Gasteiger partial charge in [-0.25, -0.2) is 4.79 Å². The van der Waals surface area contributed by atoms with Crippen LogP contribution in [-0.4, -0.2) is 12.3 Å². The largest absolute Gasteiger partial charge is 0.455 e. The van der Waals surface area contributed by atoms with E-state index in [0.29, 0.717) is 5.75 Å². The van der Waals surface area contributed by atoms with Gasteiger partial charge in [-0.2, -0.15) is 0 Å². The van der Waals surface area contributed by atoms with Gasteiger partial charge in [0, 0.05) is 18.6 Å². The second kappa shape index (κ2) is 10.0. The van der Waals surface area contributed by atoms with Gasteiger partial charge in [-0.15, -0.1) is 0 Å². The highest BCUT2D eigenvalue weighted by Crippen LogP contribution is 2.48. The van der Waals surface area contributed by atoms with Crippen molar-refractivity contribution in [2.45, 2.75) is 18.6 Å². The first kappa shape index (κ1) is 22.1. The molecule has 4 aromatic carbocycles. The molecular formula is C30H26O3. The Bertz CT molecular complexity index is 1100. The van der Waals surface area contributed by atoms with Gasteiger partial charge in [0.2, 0.25) is 6.29 Å². The molecule has 0 aliphatic heterocycles. The summed E-state index contributed by atoms with van der Waals surface area (Å²) in [5, 5.41) is 0. The maximum atomic E-state index is 11.7. The number of carbonyl (C=O) groups is 1. The predicted molar refractivity (Wildman–Crippen MR) is 131 cm³/mol. The fourth-order valence-corrected chi connectivity index (χ4v) is 4.32. The van der Waals surface area contributed by atoms with E-state index in [-0.39, 0.29) is 0 Å². The SMILES string of the molecule is C=CC(=O)OC(C)Oc1ccccc1C(c1ccccc1)(c1ccccc1)c1ccccc1. The van der Waals surface area contributed by atoms with Gasteiger partial charge in [0.25, 0.3) is 0 Å². The van der Waals surface area contributed by atoms with Crippen molar-refractivity contribution in [1.82, 2.24) is 0 Å². The lowest BCUT2D eigenvalue weighted by Crippen LogP contribution is -2.32. The summed E-state index contributed by atoms with van der Waals surface area (Å²) in [6.07, 6.45) is 0.352. The maximum Gasteiger partial charge on any atom is 0.333 e. The van der Waals surface area contributed by atoms with Gasteiger partial charge in [0.05, 0.1) is 5.41 Å². The molecule has 0 fully saturated rings. The van der Waals surface area contributed by atoms with Gasteiger partial charge < -0.3 is 9.47 Å². The maximum absolute atomic E-state index is 11.7. The molecule has 4 rings (SSSR count). The molecule has 3 heteroatoms. The molecule has 0 aromatic heterocycles. The van der Waals surface area contributed by atoms with Gasteiger partial charge >= 0.3 is 5.97 Å². The van der Waals surface area contributed by atoms with Crippen LogP contribution in [0.3, 0.4) is 0 Å². The summed E-state index contributed by atoms with van der Waals surface area (Å²) < 4.78 is 11.5. The number of carbonyl (C=O) groups excluding carboxylic acids is 1. The molecule has 1 atom stereocenters. The number of benzene rings is 4. The Morgan fingerprint density at radius 3 is 1.61 bits per heavy atom. The van der Waals surface area contributed by atoms with E-state index >= 15 is 0 Å². The van der Waals surface area contributed by atoms with Crippen molar-refractivity contribution in [3.8, 4) is 5.75 Å². The summed E-state index contributed by atoms with van der Waals surface area (Å²) in [4.78, 5) is 11.7. The minimum Gasteiger partial charge on any atom is -0.455 e. The van der Waals surface area contributed by atoms with Gasteiger partial charge in [0.15, 0.2) is 0 Å². The van der Waals surface area contributed by atoms with Gasteiger partial charge in [0.1, 0.15) is 5.75 Å². The van der Waals surface area contributed by atoms with Crippen molar-refractivity contribution in [2.75, 3.05) is 0 Å². The van der Waals surface area contributed by atoms with Crippen LogP contribution in [0.4, 0.5) is 0 Å². The zero-order chi connectivity index (χ0) is 23.1. The lowest BCUT2D eigenvalue weighted by Gasteiger charge is -2.38. The lowest BCUT2D eigenvalue weighted by atomic mass is 9.65. The number of para-hydroxylation sites is 1. The molecular weight excluding hydrogens is 408 g/mol. The van der Waals surface area contributed by atoms with Gasteiger partial charge in [-0.3, -0.25) is 0 Å². The Balaban J connectivity index is 2.00. The standard InChI is InChI=1S/C30H26O3/c1-3-29(31)33-23(2)32-28-22-14-13-21-27(28)30(24-15-7-4-8-16-24,25-17-9-5-10-18-25)26-19-11-6-12-20-26/h3-23H,1H2,2H3. The van der Waals surface area contributed by atoms with Crippen LogP contribution in [0.25, 0.3) is 0 Å². The van der Waals surface area contributed by atoms with E-state index < -0.39 is 17.7 Å². The van der Waals surface area contributed by atoms with Crippen LogP contribution in [0.15, 0.2) is 128 Å². The Hall–Kier alpha value is -4.11. The van der Waals surface area contributed by atoms with Crippen molar-refractivity contribution in [1.29, 1.82) is 0 Å².